The Morgan fingerprint density at radius 1 is 0.964 bits per heavy atom. The maximum Gasteiger partial charge on any atom is 0.107 e. The summed E-state index contributed by atoms with van der Waals surface area (Å²) in [7, 11) is 0. The topological polar surface area (TPSA) is 90.5 Å². The lowest BCUT2D eigenvalue weighted by atomic mass is 9.96. The molecule has 1 unspecified atom stereocenters. The quantitative estimate of drug-likeness (QED) is 0.439. The predicted molar refractivity (Wildman–Crippen MR) is 109 cm³/mol. The second kappa shape index (κ2) is 6.90. The highest BCUT2D eigenvalue weighted by molar-refractivity contribution is 6.00. The first kappa shape index (κ1) is 16.6. The minimum atomic E-state index is 0.0145. The number of imidazole rings is 1. The summed E-state index contributed by atoms with van der Waals surface area (Å²) in [5.74, 6) is 0.879. The van der Waals surface area contributed by atoms with Crippen LogP contribution in [-0.2, 0) is 6.42 Å². The van der Waals surface area contributed by atoms with Gasteiger partial charge in [-0.25, -0.2) is 4.98 Å². The van der Waals surface area contributed by atoms with E-state index in [9.17, 15) is 5.11 Å². The van der Waals surface area contributed by atoms with Crippen LogP contribution >= 0.6 is 0 Å². The Morgan fingerprint density at radius 3 is 2.57 bits per heavy atom. The molecule has 3 N–H and O–H groups in total. The summed E-state index contributed by atoms with van der Waals surface area (Å²) in [4.78, 5) is 12.2. The number of benzene rings is 2. The molecule has 0 fully saturated rings. The Balaban J connectivity index is 1.52. The fraction of sp³-hybridized carbons (Fsp3) is 0.136. The highest BCUT2D eigenvalue weighted by Gasteiger charge is 2.15. The fourth-order valence-electron chi connectivity index (χ4n) is 3.65. The van der Waals surface area contributed by atoms with Crippen molar-refractivity contribution in [3.63, 3.8) is 0 Å². The van der Waals surface area contributed by atoms with Crippen molar-refractivity contribution in [2.75, 3.05) is 6.61 Å². The molecule has 5 aromatic rings. The van der Waals surface area contributed by atoms with Gasteiger partial charge in [0.25, 0.3) is 0 Å². The van der Waals surface area contributed by atoms with E-state index in [1.54, 1.807) is 12.4 Å². The first-order valence-electron chi connectivity index (χ1n) is 9.25. The molecule has 6 nitrogen and oxygen atoms in total. The summed E-state index contributed by atoms with van der Waals surface area (Å²) in [5.41, 5.74) is 5.82. The van der Waals surface area contributed by atoms with Gasteiger partial charge in [0.2, 0.25) is 0 Å². The average molecular weight is 369 g/mol. The maximum absolute atomic E-state index is 9.84. The van der Waals surface area contributed by atoms with Gasteiger partial charge in [0.15, 0.2) is 0 Å². The van der Waals surface area contributed by atoms with Gasteiger partial charge in [-0.05, 0) is 29.8 Å². The average Bonchev–Trinajstić information content (AvgIpc) is 3.34. The van der Waals surface area contributed by atoms with Crippen LogP contribution in [0.3, 0.4) is 0 Å². The molecule has 1 atom stereocenters. The van der Waals surface area contributed by atoms with E-state index in [-0.39, 0.29) is 12.5 Å². The number of H-pyrrole nitrogens is 2. The Labute approximate surface area is 161 Å². The summed E-state index contributed by atoms with van der Waals surface area (Å²) in [6, 6.07) is 18.0. The van der Waals surface area contributed by atoms with Crippen LogP contribution < -0.4 is 0 Å². The largest absolute Gasteiger partial charge is 0.396 e. The molecule has 3 heterocycles. The molecule has 138 valence electrons. The Kier molecular flexibility index (Phi) is 4.10. The number of nitrogens with zero attached hydrogens (tertiary/aromatic N) is 3. The molecule has 0 amide bonds. The third-order valence-corrected chi connectivity index (χ3v) is 5.10. The van der Waals surface area contributed by atoms with Crippen molar-refractivity contribution >= 4 is 21.9 Å². The third-order valence-electron chi connectivity index (χ3n) is 5.10. The first-order valence-corrected chi connectivity index (χ1v) is 9.25. The molecule has 0 saturated heterocycles. The molecule has 0 spiro atoms. The Bertz CT molecular complexity index is 1230. The first-order chi connectivity index (χ1) is 13.8. The van der Waals surface area contributed by atoms with Crippen molar-refractivity contribution in [2.24, 2.45) is 0 Å². The smallest absolute Gasteiger partial charge is 0.107 e. The molecular weight excluding hydrogens is 350 g/mol. The van der Waals surface area contributed by atoms with Gasteiger partial charge in [-0.1, -0.05) is 30.3 Å². The molecular formula is C22H19N5O. The molecule has 0 radical (unpaired) electrons. The zero-order valence-electron chi connectivity index (χ0n) is 15.1. The third kappa shape index (κ3) is 2.93. The number of nitrogens with one attached hydrogen (secondary N) is 2. The molecule has 0 bridgehead atoms. The van der Waals surface area contributed by atoms with E-state index < -0.39 is 0 Å². The van der Waals surface area contributed by atoms with Crippen molar-refractivity contribution < 1.29 is 5.11 Å². The summed E-state index contributed by atoms with van der Waals surface area (Å²) in [6.07, 6.45) is 4.18. The van der Waals surface area contributed by atoms with E-state index in [2.05, 4.69) is 26.2 Å². The zero-order valence-corrected chi connectivity index (χ0v) is 15.1. The molecule has 6 heteroatoms. The summed E-state index contributed by atoms with van der Waals surface area (Å²) < 4.78 is 0. The lowest BCUT2D eigenvalue weighted by Gasteiger charge is -2.12. The Morgan fingerprint density at radius 2 is 1.79 bits per heavy atom. The van der Waals surface area contributed by atoms with Crippen LogP contribution in [-0.4, -0.2) is 36.9 Å². The highest BCUT2D eigenvalue weighted by atomic mass is 16.3. The van der Waals surface area contributed by atoms with Gasteiger partial charge in [-0.15, -0.1) is 0 Å². The van der Waals surface area contributed by atoms with Gasteiger partial charge in [0.05, 0.1) is 23.2 Å². The lowest BCUT2D eigenvalue weighted by molar-refractivity contribution is 0.263. The van der Waals surface area contributed by atoms with Gasteiger partial charge < -0.3 is 10.1 Å². The van der Waals surface area contributed by atoms with Crippen LogP contribution in [0.2, 0.25) is 0 Å². The normalized spacial score (nSPS) is 12.6. The number of hydrogen-bond acceptors (Lipinski definition) is 4. The number of hydrogen-bond donors (Lipinski definition) is 3. The van der Waals surface area contributed by atoms with E-state index in [1.165, 1.54) is 0 Å². The van der Waals surface area contributed by atoms with Gasteiger partial charge in [-0.3, -0.25) is 10.1 Å². The van der Waals surface area contributed by atoms with Crippen LogP contribution in [0.5, 0.6) is 0 Å². The molecule has 28 heavy (non-hydrogen) atoms. The number of aromatic amines is 2. The minimum absolute atomic E-state index is 0.0145. The maximum atomic E-state index is 9.84. The summed E-state index contributed by atoms with van der Waals surface area (Å²) in [5, 5.41) is 18.4. The molecule has 0 saturated carbocycles. The monoisotopic (exact) mass is 369 g/mol. The van der Waals surface area contributed by atoms with Crippen LogP contribution in [0.15, 0.2) is 67.0 Å². The van der Waals surface area contributed by atoms with Crippen molar-refractivity contribution in [1.29, 1.82) is 0 Å². The second-order valence-corrected chi connectivity index (χ2v) is 6.90. The van der Waals surface area contributed by atoms with Crippen molar-refractivity contribution in [2.45, 2.75) is 12.3 Å². The van der Waals surface area contributed by atoms with Gasteiger partial charge in [0.1, 0.15) is 11.5 Å². The summed E-state index contributed by atoms with van der Waals surface area (Å²) in [6.45, 7) is 0.0813. The molecule has 3 aromatic heterocycles. The Hall–Kier alpha value is -3.51. The number of rotatable bonds is 5. The van der Waals surface area contributed by atoms with E-state index >= 15 is 0 Å². The molecule has 2 aromatic carbocycles. The minimum Gasteiger partial charge on any atom is -0.396 e. The van der Waals surface area contributed by atoms with Crippen LogP contribution in [0.1, 0.15) is 17.3 Å². The molecule has 0 aliphatic rings. The number of pyridine rings is 1. The fourth-order valence-corrected chi connectivity index (χ4v) is 3.65. The van der Waals surface area contributed by atoms with Crippen LogP contribution in [0.25, 0.3) is 33.2 Å². The number of aliphatic hydroxyl groups excluding tert-OH is 1. The van der Waals surface area contributed by atoms with Crippen LogP contribution in [0, 0.1) is 0 Å². The molecule has 5 rings (SSSR count). The van der Waals surface area contributed by atoms with E-state index in [0.29, 0.717) is 6.42 Å². The number of fused-ring (bicyclic) bond motifs is 2. The highest BCUT2D eigenvalue weighted by Crippen LogP contribution is 2.29. The number of aliphatic hydroxyl groups is 1. The van der Waals surface area contributed by atoms with Gasteiger partial charge >= 0.3 is 0 Å². The van der Waals surface area contributed by atoms with Gasteiger partial charge in [0, 0.05) is 35.7 Å². The standard InChI is InChI=1S/C22H19N5O/c28-13-16(14-4-2-1-3-5-14)10-21-24-19-11-17-18(12-20(19)25-21)26-27-22(17)15-6-8-23-9-7-15/h1-9,11-12,16,28H,10,13H2,(H,24,25)(H,26,27). The van der Waals surface area contributed by atoms with E-state index in [4.69, 9.17) is 4.98 Å². The zero-order chi connectivity index (χ0) is 18.9. The predicted octanol–water partition coefficient (Wildman–Crippen LogP) is 3.82. The SMILES string of the molecule is OCC(Cc1nc2cc3c(-c4ccncc4)n[nH]c3cc2[nH]1)c1ccccc1. The van der Waals surface area contributed by atoms with Crippen LogP contribution in [0.4, 0.5) is 0 Å². The van der Waals surface area contributed by atoms with Crippen molar-refractivity contribution in [3.8, 4) is 11.3 Å². The summed E-state index contributed by atoms with van der Waals surface area (Å²) >= 11 is 0. The lowest BCUT2D eigenvalue weighted by Crippen LogP contribution is -2.08. The van der Waals surface area contributed by atoms with Crippen molar-refractivity contribution in [3.05, 3.63) is 78.4 Å². The van der Waals surface area contributed by atoms with E-state index in [1.807, 2.05) is 48.5 Å². The van der Waals surface area contributed by atoms with Crippen molar-refractivity contribution in [1.82, 2.24) is 25.1 Å². The molecule has 0 aliphatic heterocycles. The van der Waals surface area contributed by atoms with E-state index in [0.717, 1.165) is 44.6 Å². The number of aromatic nitrogens is 5. The molecule has 0 aliphatic carbocycles. The van der Waals surface area contributed by atoms with Gasteiger partial charge in [-0.2, -0.15) is 5.10 Å². The second-order valence-electron chi connectivity index (χ2n) is 6.90.